The van der Waals surface area contributed by atoms with Gasteiger partial charge in [0.05, 0.1) is 25.1 Å². The fraction of sp³-hybridized carbons (Fsp3) is 0.846. The van der Waals surface area contributed by atoms with Crippen molar-refractivity contribution in [2.75, 3.05) is 13.7 Å². The quantitative estimate of drug-likeness (QED) is 0.749. The van der Waals surface area contributed by atoms with Crippen LogP contribution in [0.2, 0.25) is 0 Å². The Morgan fingerprint density at radius 2 is 1.97 bits per heavy atom. The molecule has 0 spiro atoms. The topological polar surface area (TPSA) is 64.4 Å². The van der Waals surface area contributed by atoms with Gasteiger partial charge in [0.2, 0.25) is 0 Å². The summed E-state index contributed by atoms with van der Waals surface area (Å²) in [6.45, 7) is 5.65. The van der Waals surface area contributed by atoms with Gasteiger partial charge in [-0.05, 0) is 92.3 Å². The van der Waals surface area contributed by atoms with Gasteiger partial charge >= 0.3 is 0 Å². The van der Waals surface area contributed by atoms with Gasteiger partial charge in [-0.1, -0.05) is 13.8 Å². The Morgan fingerprint density at radius 3 is 2.71 bits per heavy atom. The Kier molecular flexibility index (Phi) is 5.06. The number of hydrogen-bond acceptors (Lipinski definition) is 4. The predicted octanol–water partition coefficient (Wildman–Crippen LogP) is 4.49. The first-order valence-corrected chi connectivity index (χ1v) is 12.4. The molecule has 4 aliphatic rings. The molecule has 0 unspecified atom stereocenters. The molecule has 1 N–H and O–H groups in total. The van der Waals surface area contributed by atoms with Crippen LogP contribution in [0.25, 0.3) is 0 Å². The van der Waals surface area contributed by atoms with E-state index in [2.05, 4.69) is 18.8 Å². The third-order valence-electron chi connectivity index (χ3n) is 10.5. The lowest BCUT2D eigenvalue weighted by atomic mass is 9.44. The third kappa shape index (κ3) is 3.42. The number of imidazole rings is 1. The van der Waals surface area contributed by atoms with Crippen LogP contribution in [0.15, 0.2) is 18.7 Å². The van der Waals surface area contributed by atoms with Crippen molar-refractivity contribution in [2.24, 2.45) is 40.4 Å². The van der Waals surface area contributed by atoms with Gasteiger partial charge in [0.25, 0.3) is 0 Å². The SMILES string of the molecule is [2H]c1nccn1CC(=O)[C@H]1CC[C@H]2[C@@H]3CC[C@@H]4C[C@@](O)(COC)CC[C@]4(C)[C@H]3CC[C@]12C. The van der Waals surface area contributed by atoms with Crippen LogP contribution in [0, 0.1) is 40.4 Å². The van der Waals surface area contributed by atoms with E-state index in [0.29, 0.717) is 41.5 Å². The summed E-state index contributed by atoms with van der Waals surface area (Å²) in [7, 11) is 1.69. The number of fused-ring (bicyclic) bond motifs is 5. The molecule has 0 bridgehead atoms. The molecule has 1 aromatic heterocycles. The zero-order valence-electron chi connectivity index (χ0n) is 20.5. The van der Waals surface area contributed by atoms with Crippen molar-refractivity contribution in [3.05, 3.63) is 18.7 Å². The molecule has 8 atom stereocenters. The van der Waals surface area contributed by atoms with E-state index in [-0.39, 0.29) is 24.2 Å². The summed E-state index contributed by atoms with van der Waals surface area (Å²) in [6, 6.07) is 0. The molecule has 172 valence electrons. The summed E-state index contributed by atoms with van der Waals surface area (Å²) in [5.41, 5.74) is -0.247. The van der Waals surface area contributed by atoms with Crippen molar-refractivity contribution >= 4 is 5.78 Å². The van der Waals surface area contributed by atoms with E-state index < -0.39 is 5.60 Å². The van der Waals surface area contributed by atoms with Crippen LogP contribution >= 0.6 is 0 Å². The number of ether oxygens (including phenoxy) is 1. The maximum Gasteiger partial charge on any atom is 0.156 e. The number of carbonyl (C=O) groups excluding carboxylic acids is 1. The van der Waals surface area contributed by atoms with Gasteiger partial charge < -0.3 is 14.4 Å². The van der Waals surface area contributed by atoms with Gasteiger partial charge in [-0.15, -0.1) is 0 Å². The summed E-state index contributed by atoms with van der Waals surface area (Å²) >= 11 is 0. The van der Waals surface area contributed by atoms with E-state index >= 15 is 0 Å². The molecular weight excluding hydrogens is 388 g/mol. The monoisotopic (exact) mass is 429 g/mol. The highest BCUT2D eigenvalue weighted by molar-refractivity contribution is 5.82. The van der Waals surface area contributed by atoms with E-state index in [1.165, 1.54) is 25.7 Å². The molecule has 31 heavy (non-hydrogen) atoms. The smallest absolute Gasteiger partial charge is 0.156 e. The van der Waals surface area contributed by atoms with Crippen LogP contribution in [0.4, 0.5) is 0 Å². The Morgan fingerprint density at radius 1 is 1.16 bits per heavy atom. The molecule has 4 aliphatic carbocycles. The molecule has 0 radical (unpaired) electrons. The highest BCUT2D eigenvalue weighted by Gasteiger charge is 2.62. The fourth-order valence-corrected chi connectivity index (χ4v) is 8.87. The van der Waals surface area contributed by atoms with Gasteiger partial charge in [0, 0.05) is 25.4 Å². The zero-order valence-corrected chi connectivity index (χ0v) is 19.5. The maximum absolute atomic E-state index is 13.3. The Balaban J connectivity index is 1.33. The maximum atomic E-state index is 13.3. The number of nitrogens with zero attached hydrogens (tertiary/aromatic N) is 2. The molecule has 0 amide bonds. The van der Waals surface area contributed by atoms with Crippen molar-refractivity contribution in [1.29, 1.82) is 0 Å². The molecule has 0 saturated heterocycles. The number of hydrogen-bond donors (Lipinski definition) is 1. The van der Waals surface area contributed by atoms with Crippen molar-refractivity contribution in [1.82, 2.24) is 9.55 Å². The van der Waals surface area contributed by atoms with E-state index in [0.717, 1.165) is 32.1 Å². The number of aromatic nitrogens is 2. The van der Waals surface area contributed by atoms with Crippen molar-refractivity contribution in [3.8, 4) is 0 Å². The van der Waals surface area contributed by atoms with E-state index in [1.807, 2.05) is 0 Å². The van der Waals surface area contributed by atoms with Crippen LogP contribution in [0.5, 0.6) is 0 Å². The average molecular weight is 430 g/mol. The molecule has 1 heterocycles. The minimum Gasteiger partial charge on any atom is -0.387 e. The predicted molar refractivity (Wildman–Crippen MR) is 119 cm³/mol. The number of carbonyl (C=O) groups is 1. The van der Waals surface area contributed by atoms with Crippen LogP contribution in [-0.4, -0.2) is 39.8 Å². The minimum absolute atomic E-state index is 0.0929. The first kappa shape index (κ1) is 20.4. The Hall–Kier alpha value is -1.20. The molecular formula is C26H40N2O3. The van der Waals surface area contributed by atoms with Crippen molar-refractivity contribution in [3.63, 3.8) is 0 Å². The standard InChI is InChI=1S/C26H40N2O3/c1-24-10-11-26(30,16-31-3)14-18(24)4-5-19-20-6-7-22(25(20,2)9-8-21(19)24)23(29)15-28-13-12-27-17-28/h12-13,17-22,30H,4-11,14-16H2,1-3H3/t18-,19+,20+,21+,22-,24+,25+,26-/m1/s1/i17D. The fourth-order valence-electron chi connectivity index (χ4n) is 8.87. The molecule has 4 saturated carbocycles. The van der Waals surface area contributed by atoms with Crippen LogP contribution in [0.3, 0.4) is 0 Å². The lowest BCUT2D eigenvalue weighted by Crippen LogP contribution is -2.56. The van der Waals surface area contributed by atoms with Crippen molar-refractivity contribution < 1.29 is 16.0 Å². The highest BCUT2D eigenvalue weighted by atomic mass is 16.5. The van der Waals surface area contributed by atoms with Crippen LogP contribution in [-0.2, 0) is 16.1 Å². The summed E-state index contributed by atoms with van der Waals surface area (Å²) in [6.07, 6.45) is 13.3. The number of methoxy groups -OCH3 is 1. The molecule has 5 heteroatoms. The average Bonchev–Trinajstić information content (AvgIpc) is 3.31. The largest absolute Gasteiger partial charge is 0.387 e. The van der Waals surface area contributed by atoms with Crippen molar-refractivity contribution in [2.45, 2.75) is 83.8 Å². The van der Waals surface area contributed by atoms with Crippen LogP contribution < -0.4 is 0 Å². The van der Waals surface area contributed by atoms with Crippen LogP contribution in [0.1, 0.15) is 73.0 Å². The molecule has 1 aromatic rings. The number of aliphatic hydroxyl groups is 1. The van der Waals surface area contributed by atoms with Gasteiger partial charge in [-0.3, -0.25) is 4.79 Å². The molecule has 4 fully saturated rings. The van der Waals surface area contributed by atoms with Gasteiger partial charge in [-0.2, -0.15) is 0 Å². The highest BCUT2D eigenvalue weighted by Crippen LogP contribution is 2.68. The Labute approximate surface area is 188 Å². The zero-order chi connectivity index (χ0) is 22.7. The second-order valence-electron chi connectivity index (χ2n) is 11.8. The third-order valence-corrected chi connectivity index (χ3v) is 10.5. The van der Waals surface area contributed by atoms with E-state index in [9.17, 15) is 9.90 Å². The lowest BCUT2D eigenvalue weighted by Gasteiger charge is -2.62. The molecule has 5 rings (SSSR count). The first-order chi connectivity index (χ1) is 15.2. The summed E-state index contributed by atoms with van der Waals surface area (Å²) in [5.74, 6) is 3.04. The summed E-state index contributed by atoms with van der Waals surface area (Å²) in [5, 5.41) is 11.1. The summed E-state index contributed by atoms with van der Waals surface area (Å²) < 4.78 is 14.9. The number of ketones is 1. The number of Topliss-reactive ketones (excluding diaryl/α,β-unsaturated/α-hetero) is 1. The van der Waals surface area contributed by atoms with Gasteiger partial charge in [0.15, 0.2) is 5.78 Å². The second-order valence-corrected chi connectivity index (χ2v) is 11.8. The van der Waals surface area contributed by atoms with Gasteiger partial charge in [0.1, 0.15) is 1.37 Å². The summed E-state index contributed by atoms with van der Waals surface area (Å²) in [4.78, 5) is 17.3. The normalized spacial score (nSPS) is 47.2. The minimum atomic E-state index is -0.649. The first-order valence-electron chi connectivity index (χ1n) is 12.9. The van der Waals surface area contributed by atoms with E-state index in [4.69, 9.17) is 6.11 Å². The van der Waals surface area contributed by atoms with Gasteiger partial charge in [-0.25, -0.2) is 4.98 Å². The molecule has 5 nitrogen and oxygen atoms in total. The Bertz CT molecular complexity index is 873. The number of rotatable bonds is 5. The van der Waals surface area contributed by atoms with E-state index in [1.54, 1.807) is 24.1 Å². The molecule has 0 aromatic carbocycles. The molecule has 0 aliphatic heterocycles. The second kappa shape index (κ2) is 7.69. The lowest BCUT2D eigenvalue weighted by molar-refractivity contribution is -0.164.